The van der Waals surface area contributed by atoms with Crippen molar-refractivity contribution in [3.63, 3.8) is 0 Å². The van der Waals surface area contributed by atoms with Crippen LogP contribution in [0.5, 0.6) is 0 Å². The molecule has 0 N–H and O–H groups in total. The van der Waals surface area contributed by atoms with Crippen LogP contribution in [0.1, 0.15) is 0 Å². The van der Waals surface area contributed by atoms with E-state index in [1.807, 2.05) is 12.1 Å². The van der Waals surface area contributed by atoms with Crippen LogP contribution in [0.4, 0.5) is 0 Å². The van der Waals surface area contributed by atoms with Gasteiger partial charge in [-0.15, -0.1) is 0 Å². The maximum absolute atomic E-state index is 5.44. The van der Waals surface area contributed by atoms with Crippen LogP contribution in [0.3, 0.4) is 0 Å². The molecule has 0 aliphatic carbocycles. The Morgan fingerprint density at radius 3 is 2.41 bits per heavy atom. The maximum atomic E-state index is 5.44. The zero-order valence-corrected chi connectivity index (χ0v) is 9.18. The monoisotopic (exact) mass is 218 g/mol. The van der Waals surface area contributed by atoms with Crippen molar-refractivity contribution in [2.24, 2.45) is 0 Å². The van der Waals surface area contributed by atoms with Crippen LogP contribution in [0.2, 0.25) is 0 Å². The number of hydrogen-bond donors (Lipinski definition) is 0. The molecule has 0 radical (unpaired) electrons. The van der Waals surface area contributed by atoms with E-state index in [9.17, 15) is 0 Å². The first-order chi connectivity index (χ1) is 8.43. The van der Waals surface area contributed by atoms with Crippen molar-refractivity contribution in [3.05, 3.63) is 60.9 Å². The average molecular weight is 218 g/mol. The molecule has 17 heavy (non-hydrogen) atoms. The third kappa shape index (κ3) is 1.14. The van der Waals surface area contributed by atoms with Gasteiger partial charge in [-0.2, -0.15) is 0 Å². The summed E-state index contributed by atoms with van der Waals surface area (Å²) in [5.41, 5.74) is 0.952. The molecule has 0 aliphatic heterocycles. The van der Waals surface area contributed by atoms with Crippen molar-refractivity contribution >= 4 is 32.5 Å². The number of furan rings is 1. The molecule has 4 rings (SSSR count). The van der Waals surface area contributed by atoms with E-state index < -0.39 is 0 Å². The zero-order valence-electron chi connectivity index (χ0n) is 9.18. The molecule has 0 unspecified atom stereocenters. The van der Waals surface area contributed by atoms with E-state index in [0.717, 1.165) is 5.58 Å². The van der Waals surface area contributed by atoms with E-state index in [4.69, 9.17) is 4.42 Å². The quantitative estimate of drug-likeness (QED) is 0.388. The van der Waals surface area contributed by atoms with Crippen molar-refractivity contribution in [3.8, 4) is 0 Å². The molecule has 0 bridgehead atoms. The molecule has 4 aromatic rings. The summed E-state index contributed by atoms with van der Waals surface area (Å²) in [5.74, 6) is 0. The zero-order chi connectivity index (χ0) is 11.2. The molecule has 0 saturated heterocycles. The lowest BCUT2D eigenvalue weighted by Crippen LogP contribution is -1.77. The lowest BCUT2D eigenvalue weighted by molar-refractivity contribution is 0.616. The van der Waals surface area contributed by atoms with Gasteiger partial charge in [-0.25, -0.2) is 0 Å². The first-order valence-corrected chi connectivity index (χ1v) is 5.71. The highest BCUT2D eigenvalue weighted by molar-refractivity contribution is 6.16. The van der Waals surface area contributed by atoms with Crippen molar-refractivity contribution in [2.45, 2.75) is 0 Å². The summed E-state index contributed by atoms with van der Waals surface area (Å²) >= 11 is 0. The summed E-state index contributed by atoms with van der Waals surface area (Å²) in [5, 5.41) is 6.32. The summed E-state index contributed by atoms with van der Waals surface area (Å²) in [7, 11) is 0. The lowest BCUT2D eigenvalue weighted by Gasteiger charge is -2.04. The Hall–Kier alpha value is -2.28. The molecule has 0 fully saturated rings. The molecule has 3 aromatic carbocycles. The second-order valence-corrected chi connectivity index (χ2v) is 4.28. The van der Waals surface area contributed by atoms with Gasteiger partial charge in [0, 0.05) is 5.39 Å². The first-order valence-electron chi connectivity index (χ1n) is 5.71. The molecule has 0 spiro atoms. The minimum Gasteiger partial charge on any atom is -0.464 e. The third-order valence-corrected chi connectivity index (χ3v) is 3.36. The van der Waals surface area contributed by atoms with Gasteiger partial charge < -0.3 is 4.42 Å². The van der Waals surface area contributed by atoms with Gasteiger partial charge >= 0.3 is 0 Å². The Morgan fingerprint density at radius 2 is 1.41 bits per heavy atom. The normalized spacial score (nSPS) is 11.5. The summed E-state index contributed by atoms with van der Waals surface area (Å²) in [6.07, 6.45) is 1.75. The Bertz CT molecular complexity index is 840. The number of hydrogen-bond acceptors (Lipinski definition) is 1. The minimum atomic E-state index is 0.952. The fourth-order valence-corrected chi connectivity index (χ4v) is 2.54. The van der Waals surface area contributed by atoms with Crippen molar-refractivity contribution in [2.75, 3.05) is 0 Å². The van der Waals surface area contributed by atoms with Gasteiger partial charge in [-0.3, -0.25) is 0 Å². The predicted octanol–water partition coefficient (Wildman–Crippen LogP) is 4.74. The summed E-state index contributed by atoms with van der Waals surface area (Å²) in [6.45, 7) is 0. The molecular formula is C16H10O. The molecule has 0 aliphatic rings. The van der Waals surface area contributed by atoms with E-state index in [-0.39, 0.29) is 0 Å². The van der Waals surface area contributed by atoms with Gasteiger partial charge in [0.25, 0.3) is 0 Å². The van der Waals surface area contributed by atoms with Gasteiger partial charge in [0.05, 0.1) is 6.26 Å². The first kappa shape index (κ1) is 8.82. The van der Waals surface area contributed by atoms with Gasteiger partial charge in [0.1, 0.15) is 5.58 Å². The smallest absolute Gasteiger partial charge is 0.134 e. The van der Waals surface area contributed by atoms with Crippen LogP contribution in [-0.4, -0.2) is 0 Å². The van der Waals surface area contributed by atoms with Gasteiger partial charge in [-0.1, -0.05) is 42.5 Å². The Morgan fingerprint density at radius 1 is 0.588 bits per heavy atom. The summed E-state index contributed by atoms with van der Waals surface area (Å²) < 4.78 is 5.44. The lowest BCUT2D eigenvalue weighted by atomic mass is 10.00. The van der Waals surface area contributed by atoms with Crippen molar-refractivity contribution in [1.82, 2.24) is 0 Å². The highest BCUT2D eigenvalue weighted by atomic mass is 16.3. The van der Waals surface area contributed by atoms with E-state index in [1.165, 1.54) is 26.9 Å². The molecule has 1 heterocycles. The van der Waals surface area contributed by atoms with E-state index >= 15 is 0 Å². The Labute approximate surface area is 98.3 Å². The third-order valence-electron chi connectivity index (χ3n) is 3.36. The highest BCUT2D eigenvalue weighted by Gasteiger charge is 2.05. The van der Waals surface area contributed by atoms with Crippen LogP contribution >= 0.6 is 0 Å². The van der Waals surface area contributed by atoms with Gasteiger partial charge in [0.2, 0.25) is 0 Å². The largest absolute Gasteiger partial charge is 0.464 e. The van der Waals surface area contributed by atoms with Crippen molar-refractivity contribution < 1.29 is 4.42 Å². The van der Waals surface area contributed by atoms with E-state index in [2.05, 4.69) is 42.5 Å². The fraction of sp³-hybridized carbons (Fsp3) is 0. The SMILES string of the molecule is c1ccc2c(c1)ccc1c3ccoc3ccc21. The second kappa shape index (κ2) is 3.11. The average Bonchev–Trinajstić information content (AvgIpc) is 2.86. The molecule has 0 saturated carbocycles. The highest BCUT2D eigenvalue weighted by Crippen LogP contribution is 2.31. The molecule has 0 atom stereocenters. The van der Waals surface area contributed by atoms with Gasteiger partial charge in [0.15, 0.2) is 0 Å². The minimum absolute atomic E-state index is 0.952. The predicted molar refractivity (Wildman–Crippen MR) is 71.2 cm³/mol. The van der Waals surface area contributed by atoms with Crippen LogP contribution < -0.4 is 0 Å². The van der Waals surface area contributed by atoms with E-state index in [0.29, 0.717) is 0 Å². The number of fused-ring (bicyclic) bond motifs is 5. The van der Waals surface area contributed by atoms with Crippen molar-refractivity contribution in [1.29, 1.82) is 0 Å². The molecular weight excluding hydrogens is 208 g/mol. The molecule has 1 heteroatoms. The van der Waals surface area contributed by atoms with Crippen LogP contribution in [-0.2, 0) is 0 Å². The molecule has 80 valence electrons. The standard InChI is InChI=1S/C16H10O/c1-2-4-12-11(3-1)5-6-14-13(12)7-8-16-15(14)9-10-17-16/h1-10H. The number of benzene rings is 3. The maximum Gasteiger partial charge on any atom is 0.134 e. The van der Waals surface area contributed by atoms with Crippen LogP contribution in [0, 0.1) is 0 Å². The van der Waals surface area contributed by atoms with Crippen LogP contribution in [0.15, 0.2) is 65.3 Å². The topological polar surface area (TPSA) is 13.1 Å². The molecule has 1 aromatic heterocycles. The number of rotatable bonds is 0. The molecule has 0 amide bonds. The summed E-state index contributed by atoms with van der Waals surface area (Å²) in [6, 6.07) is 19.0. The van der Waals surface area contributed by atoms with Gasteiger partial charge in [-0.05, 0) is 33.7 Å². The Kier molecular flexibility index (Phi) is 1.61. The Balaban J connectivity index is 2.34. The fourth-order valence-electron chi connectivity index (χ4n) is 2.54. The molecule has 1 nitrogen and oxygen atoms in total. The van der Waals surface area contributed by atoms with Crippen LogP contribution in [0.25, 0.3) is 32.5 Å². The summed E-state index contributed by atoms with van der Waals surface area (Å²) in [4.78, 5) is 0. The second-order valence-electron chi connectivity index (χ2n) is 4.28. The van der Waals surface area contributed by atoms with E-state index in [1.54, 1.807) is 6.26 Å².